The van der Waals surface area contributed by atoms with Crippen molar-refractivity contribution in [2.45, 2.75) is 12.3 Å². The van der Waals surface area contributed by atoms with Crippen molar-refractivity contribution in [2.24, 2.45) is 0 Å². The Morgan fingerprint density at radius 3 is 2.38 bits per heavy atom. The largest absolute Gasteiger partial charge is 0.416 e. The molecule has 0 saturated carbocycles. The van der Waals surface area contributed by atoms with Crippen LogP contribution in [0.25, 0.3) is 22.2 Å². The second-order valence-electron chi connectivity index (χ2n) is 6.95. The van der Waals surface area contributed by atoms with Crippen LogP contribution in [0.5, 0.6) is 0 Å². The molecule has 0 aliphatic carbocycles. The van der Waals surface area contributed by atoms with E-state index >= 15 is 0 Å². The van der Waals surface area contributed by atoms with Crippen LogP contribution in [-0.2, 0) is 6.18 Å². The minimum atomic E-state index is -4.42. The molecule has 0 spiro atoms. The lowest BCUT2D eigenvalue weighted by atomic mass is 10.1. The second-order valence-corrected chi connectivity index (χ2v) is 6.95. The Morgan fingerprint density at radius 2 is 1.72 bits per heavy atom. The van der Waals surface area contributed by atoms with Gasteiger partial charge in [0, 0.05) is 40.8 Å². The van der Waals surface area contributed by atoms with Gasteiger partial charge >= 0.3 is 6.18 Å². The molecular formula is C22H16F4N4O2. The van der Waals surface area contributed by atoms with Crippen molar-refractivity contribution in [3.63, 3.8) is 0 Å². The SMILES string of the molecule is OCC(O)c1cnc(-c2cnc3c(Nc4ccc(C(F)(F)F)cc4)nccc3c2)c(F)c1. The molecule has 0 bridgehead atoms. The van der Waals surface area contributed by atoms with E-state index in [1.165, 1.54) is 30.7 Å². The summed E-state index contributed by atoms with van der Waals surface area (Å²) in [5.41, 5.74) is 0.617. The van der Waals surface area contributed by atoms with Crippen LogP contribution in [0.3, 0.4) is 0 Å². The Bertz CT molecular complexity index is 1260. The minimum Gasteiger partial charge on any atom is -0.393 e. The number of aliphatic hydroxyl groups excluding tert-OH is 2. The molecule has 6 nitrogen and oxygen atoms in total. The predicted molar refractivity (Wildman–Crippen MR) is 109 cm³/mol. The van der Waals surface area contributed by atoms with Crippen molar-refractivity contribution in [1.82, 2.24) is 15.0 Å². The smallest absolute Gasteiger partial charge is 0.393 e. The summed E-state index contributed by atoms with van der Waals surface area (Å²) in [6.45, 7) is -0.556. The molecule has 3 N–H and O–H groups in total. The van der Waals surface area contributed by atoms with Crippen LogP contribution in [0.2, 0.25) is 0 Å². The van der Waals surface area contributed by atoms with Crippen LogP contribution >= 0.6 is 0 Å². The molecule has 0 fully saturated rings. The van der Waals surface area contributed by atoms with E-state index in [-0.39, 0.29) is 11.3 Å². The fraction of sp³-hybridized carbons (Fsp3) is 0.136. The van der Waals surface area contributed by atoms with E-state index in [0.29, 0.717) is 28.0 Å². The number of hydrogen-bond acceptors (Lipinski definition) is 6. The van der Waals surface area contributed by atoms with Gasteiger partial charge in [0.1, 0.15) is 23.1 Å². The maximum atomic E-state index is 14.5. The highest BCUT2D eigenvalue weighted by atomic mass is 19.4. The number of rotatable bonds is 5. The average Bonchev–Trinajstić information content (AvgIpc) is 2.78. The van der Waals surface area contributed by atoms with Crippen molar-refractivity contribution >= 4 is 22.4 Å². The minimum absolute atomic E-state index is 0.0161. The first-order valence-electron chi connectivity index (χ1n) is 9.40. The monoisotopic (exact) mass is 444 g/mol. The molecule has 3 heterocycles. The quantitative estimate of drug-likeness (QED) is 0.389. The Hall–Kier alpha value is -3.63. The number of halogens is 4. The second kappa shape index (κ2) is 8.48. The lowest BCUT2D eigenvalue weighted by Gasteiger charge is -2.12. The zero-order valence-corrected chi connectivity index (χ0v) is 16.3. The molecule has 164 valence electrons. The summed E-state index contributed by atoms with van der Waals surface area (Å²) in [5.74, 6) is -0.364. The summed E-state index contributed by atoms with van der Waals surface area (Å²) >= 11 is 0. The van der Waals surface area contributed by atoms with Gasteiger partial charge in [-0.1, -0.05) is 0 Å². The third kappa shape index (κ3) is 4.36. The number of hydrogen-bond donors (Lipinski definition) is 3. The van der Waals surface area contributed by atoms with Gasteiger partial charge in [-0.3, -0.25) is 9.97 Å². The topological polar surface area (TPSA) is 91.2 Å². The average molecular weight is 444 g/mol. The van der Waals surface area contributed by atoms with E-state index in [4.69, 9.17) is 5.11 Å². The summed E-state index contributed by atoms with van der Waals surface area (Å²) in [6, 6.07) is 8.91. The highest BCUT2D eigenvalue weighted by molar-refractivity contribution is 5.91. The van der Waals surface area contributed by atoms with Gasteiger partial charge in [-0.25, -0.2) is 9.37 Å². The van der Waals surface area contributed by atoms with Crippen molar-refractivity contribution in [3.05, 3.63) is 78.0 Å². The highest BCUT2D eigenvalue weighted by Crippen LogP contribution is 2.31. The number of pyridine rings is 3. The van der Waals surface area contributed by atoms with Crippen molar-refractivity contribution in [3.8, 4) is 11.3 Å². The fourth-order valence-corrected chi connectivity index (χ4v) is 3.11. The van der Waals surface area contributed by atoms with E-state index in [2.05, 4.69) is 20.3 Å². The van der Waals surface area contributed by atoms with Gasteiger partial charge in [-0.15, -0.1) is 0 Å². The van der Waals surface area contributed by atoms with Crippen LogP contribution in [-0.4, -0.2) is 31.8 Å². The molecule has 1 atom stereocenters. The maximum absolute atomic E-state index is 14.5. The molecule has 3 aromatic heterocycles. The van der Waals surface area contributed by atoms with Gasteiger partial charge < -0.3 is 15.5 Å². The first-order chi connectivity index (χ1) is 15.3. The van der Waals surface area contributed by atoms with Crippen molar-refractivity contribution in [1.29, 1.82) is 0 Å². The molecule has 4 aromatic rings. The fourth-order valence-electron chi connectivity index (χ4n) is 3.11. The molecule has 0 amide bonds. The number of aliphatic hydroxyl groups is 2. The molecule has 1 aromatic carbocycles. The first kappa shape index (κ1) is 21.6. The van der Waals surface area contributed by atoms with Crippen molar-refractivity contribution in [2.75, 3.05) is 11.9 Å². The van der Waals surface area contributed by atoms with E-state index in [9.17, 15) is 22.7 Å². The highest BCUT2D eigenvalue weighted by Gasteiger charge is 2.30. The number of aromatic nitrogens is 3. The molecule has 0 radical (unpaired) electrons. The van der Waals surface area contributed by atoms with E-state index in [1.807, 2.05) is 0 Å². The Morgan fingerprint density at radius 1 is 0.969 bits per heavy atom. The summed E-state index contributed by atoms with van der Waals surface area (Å²) in [5, 5.41) is 22.2. The number of alkyl halides is 3. The summed E-state index contributed by atoms with van der Waals surface area (Å²) in [6.07, 6.45) is -1.50. The number of anilines is 2. The standard InChI is InChI=1S/C22H16F4N4O2/c23-17-8-13(18(32)11-31)9-28-19(17)14-7-12-5-6-27-21(20(12)29-10-14)30-16-3-1-15(2-4-16)22(24,25)26/h1-10,18,31-32H,11H2,(H,27,30). The van der Waals surface area contributed by atoms with Crippen LogP contribution in [0.1, 0.15) is 17.2 Å². The van der Waals surface area contributed by atoms with Gasteiger partial charge in [0.15, 0.2) is 5.82 Å². The lowest BCUT2D eigenvalue weighted by molar-refractivity contribution is -0.137. The predicted octanol–water partition coefficient (Wildman–Crippen LogP) is 4.62. The summed E-state index contributed by atoms with van der Waals surface area (Å²) in [4.78, 5) is 12.6. The van der Waals surface area contributed by atoms with Gasteiger partial charge in [0.2, 0.25) is 0 Å². The van der Waals surface area contributed by atoms with Gasteiger partial charge in [0.25, 0.3) is 0 Å². The normalized spacial score (nSPS) is 12.7. The molecule has 0 aliphatic heterocycles. The molecule has 1 unspecified atom stereocenters. The lowest BCUT2D eigenvalue weighted by Crippen LogP contribution is -2.05. The number of nitrogens with one attached hydrogen (secondary N) is 1. The zero-order chi connectivity index (χ0) is 22.9. The van der Waals surface area contributed by atoms with Crippen LogP contribution < -0.4 is 5.32 Å². The Labute approximate surface area is 179 Å². The molecular weight excluding hydrogens is 428 g/mol. The molecule has 4 rings (SSSR count). The van der Waals surface area contributed by atoms with Gasteiger partial charge in [0.05, 0.1) is 12.2 Å². The number of nitrogens with zero attached hydrogens (tertiary/aromatic N) is 3. The number of benzene rings is 1. The van der Waals surface area contributed by atoms with E-state index in [0.717, 1.165) is 18.2 Å². The maximum Gasteiger partial charge on any atom is 0.416 e. The zero-order valence-electron chi connectivity index (χ0n) is 16.3. The van der Waals surface area contributed by atoms with Crippen LogP contribution in [0, 0.1) is 5.82 Å². The van der Waals surface area contributed by atoms with Crippen LogP contribution in [0.4, 0.5) is 29.1 Å². The Balaban J connectivity index is 1.64. The summed E-state index contributed by atoms with van der Waals surface area (Å²) < 4.78 is 52.8. The van der Waals surface area contributed by atoms with E-state index in [1.54, 1.807) is 12.1 Å². The third-order valence-electron chi connectivity index (χ3n) is 4.77. The van der Waals surface area contributed by atoms with Crippen molar-refractivity contribution < 1.29 is 27.8 Å². The molecule has 32 heavy (non-hydrogen) atoms. The number of fused-ring (bicyclic) bond motifs is 1. The molecule has 0 aliphatic rings. The molecule has 0 saturated heterocycles. The first-order valence-corrected chi connectivity index (χ1v) is 9.40. The van der Waals surface area contributed by atoms with Gasteiger partial charge in [-0.05, 0) is 42.5 Å². The van der Waals surface area contributed by atoms with Crippen LogP contribution in [0.15, 0.2) is 61.1 Å². The Kier molecular flexibility index (Phi) is 5.72. The third-order valence-corrected chi connectivity index (χ3v) is 4.77. The van der Waals surface area contributed by atoms with Gasteiger partial charge in [-0.2, -0.15) is 13.2 Å². The molecule has 10 heteroatoms. The van der Waals surface area contributed by atoms with E-state index < -0.39 is 30.3 Å². The summed E-state index contributed by atoms with van der Waals surface area (Å²) in [7, 11) is 0.